The zero-order valence-corrected chi connectivity index (χ0v) is 65.3. The van der Waals surface area contributed by atoms with Gasteiger partial charge >= 0.3 is 39.5 Å². The molecule has 17 nitrogen and oxygen atoms in total. The lowest BCUT2D eigenvalue weighted by Crippen LogP contribution is -2.30. The summed E-state index contributed by atoms with van der Waals surface area (Å²) in [6, 6.07) is 0. The maximum Gasteiger partial charge on any atom is 0.472 e. The van der Waals surface area contributed by atoms with Gasteiger partial charge in [0.25, 0.3) is 0 Å². The lowest BCUT2D eigenvalue weighted by Gasteiger charge is -2.21. The van der Waals surface area contributed by atoms with Gasteiger partial charge in [0.05, 0.1) is 26.4 Å². The van der Waals surface area contributed by atoms with Gasteiger partial charge in [-0.2, -0.15) is 0 Å². The van der Waals surface area contributed by atoms with Crippen molar-refractivity contribution in [1.82, 2.24) is 0 Å². The fourth-order valence-corrected chi connectivity index (χ4v) is 13.5. The highest BCUT2D eigenvalue weighted by Gasteiger charge is 2.30. The molecule has 0 aromatic rings. The van der Waals surface area contributed by atoms with Gasteiger partial charge in [-0.05, 0) is 43.4 Å². The van der Waals surface area contributed by atoms with E-state index in [9.17, 15) is 43.2 Å². The van der Waals surface area contributed by atoms with E-state index in [4.69, 9.17) is 37.0 Å². The van der Waals surface area contributed by atoms with Crippen LogP contribution in [0.3, 0.4) is 0 Å². The minimum atomic E-state index is -4.96. The first kappa shape index (κ1) is 95.1. The monoisotopic (exact) mass is 1420 g/mol. The van der Waals surface area contributed by atoms with Gasteiger partial charge in [0, 0.05) is 25.7 Å². The Bertz CT molecular complexity index is 1890. The lowest BCUT2D eigenvalue weighted by atomic mass is 10.0. The number of phosphoric ester groups is 2. The molecule has 0 radical (unpaired) electrons. The van der Waals surface area contributed by atoms with E-state index in [0.717, 1.165) is 108 Å². The van der Waals surface area contributed by atoms with Gasteiger partial charge in [-0.1, -0.05) is 350 Å². The molecule has 0 saturated heterocycles. The fraction of sp³-hybridized carbons (Fsp3) is 0.949. The molecule has 576 valence electrons. The van der Waals surface area contributed by atoms with Crippen LogP contribution >= 0.6 is 15.6 Å². The van der Waals surface area contributed by atoms with E-state index in [0.29, 0.717) is 25.7 Å². The molecule has 0 aromatic carbocycles. The van der Waals surface area contributed by atoms with Crippen molar-refractivity contribution in [3.05, 3.63) is 0 Å². The van der Waals surface area contributed by atoms with Crippen molar-refractivity contribution in [2.75, 3.05) is 39.6 Å². The van der Waals surface area contributed by atoms with E-state index in [1.807, 2.05) is 0 Å². The van der Waals surface area contributed by atoms with E-state index >= 15 is 0 Å². The Morgan fingerprint density at radius 3 is 0.701 bits per heavy atom. The summed E-state index contributed by atoms with van der Waals surface area (Å²) >= 11 is 0. The number of hydrogen-bond acceptors (Lipinski definition) is 15. The molecule has 5 atom stereocenters. The molecule has 0 aromatic heterocycles. The summed E-state index contributed by atoms with van der Waals surface area (Å²) < 4.78 is 68.6. The second-order valence-electron chi connectivity index (χ2n) is 29.5. The van der Waals surface area contributed by atoms with Crippen LogP contribution in [0.1, 0.15) is 402 Å². The number of aliphatic hydroxyl groups is 1. The Morgan fingerprint density at radius 1 is 0.278 bits per heavy atom. The molecule has 19 heteroatoms. The smallest absolute Gasteiger partial charge is 0.462 e. The molecular formula is C78H152O17P2. The molecule has 0 bridgehead atoms. The van der Waals surface area contributed by atoms with Gasteiger partial charge in [0.15, 0.2) is 12.2 Å². The first-order valence-electron chi connectivity index (χ1n) is 40.3. The highest BCUT2D eigenvalue weighted by molar-refractivity contribution is 7.47. The number of unbranched alkanes of at least 4 members (excludes halogenated alkanes) is 44. The third-order valence-corrected chi connectivity index (χ3v) is 20.0. The second-order valence-corrected chi connectivity index (χ2v) is 32.4. The molecule has 0 heterocycles. The van der Waals surface area contributed by atoms with Crippen LogP contribution in [0, 0.1) is 17.8 Å². The number of hydrogen-bond donors (Lipinski definition) is 3. The third-order valence-electron chi connectivity index (χ3n) is 18.1. The van der Waals surface area contributed by atoms with E-state index in [2.05, 4.69) is 48.5 Å². The quantitative estimate of drug-likeness (QED) is 0.0222. The van der Waals surface area contributed by atoms with Crippen LogP contribution in [0.25, 0.3) is 0 Å². The number of carbonyl (C=O) groups excluding carboxylic acids is 4. The maximum absolute atomic E-state index is 13.1. The number of ether oxygens (including phenoxy) is 4. The summed E-state index contributed by atoms with van der Waals surface area (Å²) in [5.41, 5.74) is 0. The van der Waals surface area contributed by atoms with Gasteiger partial charge in [-0.3, -0.25) is 37.3 Å². The zero-order chi connectivity index (χ0) is 71.6. The Hall–Kier alpha value is -1.94. The van der Waals surface area contributed by atoms with Gasteiger partial charge in [-0.25, -0.2) is 9.13 Å². The number of rotatable bonds is 76. The molecule has 0 rings (SSSR count). The van der Waals surface area contributed by atoms with Gasteiger partial charge < -0.3 is 33.8 Å². The Labute approximate surface area is 594 Å². The Kier molecular flexibility index (Phi) is 67.1. The van der Waals surface area contributed by atoms with E-state index in [1.165, 1.54) is 212 Å². The summed E-state index contributed by atoms with van der Waals surface area (Å²) in [6.45, 7) is 11.9. The van der Waals surface area contributed by atoms with Gasteiger partial charge in [-0.15, -0.1) is 0 Å². The van der Waals surface area contributed by atoms with E-state index in [1.54, 1.807) is 0 Å². The number of carbonyl (C=O) groups is 4. The largest absolute Gasteiger partial charge is 0.472 e. The Balaban J connectivity index is 5.23. The van der Waals surface area contributed by atoms with Crippen molar-refractivity contribution >= 4 is 39.5 Å². The summed E-state index contributed by atoms with van der Waals surface area (Å²) in [5.74, 6) is 0.244. The maximum atomic E-state index is 13.1. The predicted molar refractivity (Wildman–Crippen MR) is 395 cm³/mol. The number of aliphatic hydroxyl groups excluding tert-OH is 1. The standard InChI is InChI=1S/C78H152O17P2/c1-8-9-10-11-12-28-38-45-52-59-75(80)88-65-73(94-78(83)62-55-48-41-34-27-21-24-31-37-44-51-58-71(6)7)67-92-96(84,85)90-63-72(79)64-91-97(86,87)93-68-74(66-89-76(81)60-53-46-39-32-25-20-16-18-23-30-36-43-50-57-70(4)5)95-77(82)61-54-47-40-33-26-19-15-13-14-17-22-29-35-42-49-56-69(2)3/h69-74,79H,8-68H2,1-7H3,(H,84,85)(H,86,87)/t72-,73+,74+/m0/s1. The molecule has 3 N–H and O–H groups in total. The summed E-state index contributed by atoms with van der Waals surface area (Å²) in [4.78, 5) is 72.9. The van der Waals surface area contributed by atoms with E-state index in [-0.39, 0.29) is 25.7 Å². The number of phosphoric acid groups is 2. The molecule has 0 aliphatic carbocycles. The highest BCUT2D eigenvalue weighted by atomic mass is 31.2. The van der Waals surface area contributed by atoms with Crippen molar-refractivity contribution in [3.8, 4) is 0 Å². The first-order chi connectivity index (χ1) is 46.7. The van der Waals surface area contributed by atoms with Crippen molar-refractivity contribution in [2.24, 2.45) is 17.8 Å². The Morgan fingerprint density at radius 2 is 0.474 bits per heavy atom. The van der Waals surface area contributed by atoms with Crippen LogP contribution in [0.5, 0.6) is 0 Å². The molecule has 0 aliphatic heterocycles. The van der Waals surface area contributed by atoms with Crippen LogP contribution in [-0.4, -0.2) is 96.7 Å². The summed E-state index contributed by atoms with van der Waals surface area (Å²) in [6.07, 6.45) is 55.4. The predicted octanol–water partition coefficient (Wildman–Crippen LogP) is 23.0. The first-order valence-corrected chi connectivity index (χ1v) is 43.3. The van der Waals surface area contributed by atoms with Crippen molar-refractivity contribution in [1.29, 1.82) is 0 Å². The normalized spacial score (nSPS) is 14.0. The van der Waals surface area contributed by atoms with Crippen molar-refractivity contribution < 1.29 is 80.2 Å². The average Bonchev–Trinajstić information content (AvgIpc) is 1.10. The second kappa shape index (κ2) is 68.5. The molecule has 2 unspecified atom stereocenters. The average molecular weight is 1420 g/mol. The molecule has 0 fully saturated rings. The molecule has 97 heavy (non-hydrogen) atoms. The lowest BCUT2D eigenvalue weighted by molar-refractivity contribution is -0.161. The zero-order valence-electron chi connectivity index (χ0n) is 63.5. The fourth-order valence-electron chi connectivity index (χ4n) is 12.0. The van der Waals surface area contributed by atoms with Crippen LogP contribution in [0.4, 0.5) is 0 Å². The van der Waals surface area contributed by atoms with Crippen LogP contribution in [0.15, 0.2) is 0 Å². The SMILES string of the molecule is CCCCCCCCCCCC(=O)OC[C@H](COP(=O)(O)OC[C@H](O)COP(=O)(O)OC[C@@H](COC(=O)CCCCCCCCCCCCCCCC(C)C)OC(=O)CCCCCCCCCCCCCCCCCC(C)C)OC(=O)CCCCCCCCCCCCCC(C)C. The minimum absolute atomic E-state index is 0.106. The van der Waals surface area contributed by atoms with Gasteiger partial charge in [0.1, 0.15) is 19.3 Å². The molecule has 0 aliphatic rings. The summed E-state index contributed by atoms with van der Waals surface area (Å²) in [5, 5.41) is 10.6. The molecular weight excluding hydrogens is 1270 g/mol. The van der Waals surface area contributed by atoms with Gasteiger partial charge in [0.2, 0.25) is 0 Å². The highest BCUT2D eigenvalue weighted by Crippen LogP contribution is 2.45. The van der Waals surface area contributed by atoms with Crippen molar-refractivity contribution in [2.45, 2.75) is 420 Å². The van der Waals surface area contributed by atoms with Crippen molar-refractivity contribution in [3.63, 3.8) is 0 Å². The third kappa shape index (κ3) is 72.2. The molecule has 0 saturated carbocycles. The topological polar surface area (TPSA) is 237 Å². The minimum Gasteiger partial charge on any atom is -0.462 e. The van der Waals surface area contributed by atoms with E-state index < -0.39 is 97.5 Å². The van der Waals surface area contributed by atoms with Crippen LogP contribution in [-0.2, 0) is 65.4 Å². The summed E-state index contributed by atoms with van der Waals surface area (Å²) in [7, 11) is -9.91. The van der Waals surface area contributed by atoms with Crippen LogP contribution < -0.4 is 0 Å². The number of esters is 4. The molecule has 0 spiro atoms. The van der Waals surface area contributed by atoms with Crippen LogP contribution in [0.2, 0.25) is 0 Å². The molecule has 0 amide bonds.